The second kappa shape index (κ2) is 7.17. The number of non-ortho nitro benzene ring substituents is 1. The van der Waals surface area contributed by atoms with E-state index in [1.807, 2.05) is 31.2 Å². The lowest BCUT2D eigenvalue weighted by Crippen LogP contribution is -2.01. The first-order chi connectivity index (χ1) is 10.6. The first kappa shape index (κ1) is 15.4. The van der Waals surface area contributed by atoms with Crippen molar-refractivity contribution >= 4 is 17.7 Å². The van der Waals surface area contributed by atoms with Gasteiger partial charge in [0.2, 0.25) is 0 Å². The molecule has 0 N–H and O–H groups in total. The molecule has 0 bridgehead atoms. The fourth-order valence-corrected chi connectivity index (χ4v) is 1.88. The Morgan fingerprint density at radius 1 is 1.23 bits per heavy atom. The lowest BCUT2D eigenvalue weighted by atomic mass is 10.1. The van der Waals surface area contributed by atoms with E-state index < -0.39 is 10.9 Å². The molecule has 0 aliphatic carbocycles. The van der Waals surface area contributed by atoms with E-state index in [1.54, 1.807) is 12.1 Å². The summed E-state index contributed by atoms with van der Waals surface area (Å²) in [5.41, 5.74) is 2.55. The molecule has 0 unspecified atom stereocenters. The summed E-state index contributed by atoms with van der Waals surface area (Å²) in [5, 5.41) is 10.7. The summed E-state index contributed by atoms with van der Waals surface area (Å²) in [6.45, 7) is 2.15. The summed E-state index contributed by atoms with van der Waals surface area (Å²) < 4.78 is 5.15. The Bertz CT molecular complexity index is 722. The molecular weight excluding hydrogens is 282 g/mol. The zero-order chi connectivity index (χ0) is 15.9. The van der Waals surface area contributed by atoms with E-state index in [0.29, 0.717) is 5.56 Å². The largest absolute Gasteiger partial charge is 0.458 e. The molecule has 0 amide bonds. The third-order valence-electron chi connectivity index (χ3n) is 3.12. The van der Waals surface area contributed by atoms with Crippen LogP contribution in [0.3, 0.4) is 0 Å². The molecule has 22 heavy (non-hydrogen) atoms. The van der Waals surface area contributed by atoms with Gasteiger partial charge in [0.1, 0.15) is 6.61 Å². The van der Waals surface area contributed by atoms with Crippen molar-refractivity contribution in [1.29, 1.82) is 0 Å². The fourth-order valence-electron chi connectivity index (χ4n) is 1.88. The molecule has 0 aliphatic heterocycles. The van der Waals surface area contributed by atoms with Crippen LogP contribution in [0.25, 0.3) is 6.08 Å². The topological polar surface area (TPSA) is 69.4 Å². The Labute approximate surface area is 128 Å². The quantitative estimate of drug-likeness (QED) is 0.365. The first-order valence-corrected chi connectivity index (χ1v) is 6.70. The van der Waals surface area contributed by atoms with Crippen LogP contribution in [0.15, 0.2) is 54.6 Å². The van der Waals surface area contributed by atoms with Crippen LogP contribution in [0.2, 0.25) is 0 Å². The summed E-state index contributed by atoms with van der Waals surface area (Å²) in [4.78, 5) is 21.9. The van der Waals surface area contributed by atoms with Gasteiger partial charge in [-0.2, -0.15) is 0 Å². The van der Waals surface area contributed by atoms with Crippen molar-refractivity contribution in [3.05, 3.63) is 81.4 Å². The Balaban J connectivity index is 1.96. The van der Waals surface area contributed by atoms with Crippen LogP contribution in [0.4, 0.5) is 5.69 Å². The SMILES string of the molecule is Cc1ccccc1COC(=O)/C=C/c1cccc([N+](=O)[O-])c1. The lowest BCUT2D eigenvalue weighted by Gasteiger charge is -2.05. The van der Waals surface area contributed by atoms with Gasteiger partial charge >= 0.3 is 5.97 Å². The molecular formula is C17H15NO4. The number of nitrogens with zero attached hydrogens (tertiary/aromatic N) is 1. The number of hydrogen-bond donors (Lipinski definition) is 0. The highest BCUT2D eigenvalue weighted by Crippen LogP contribution is 2.14. The fraction of sp³-hybridized carbons (Fsp3) is 0.118. The minimum absolute atomic E-state index is 0.0181. The number of ether oxygens (including phenoxy) is 1. The van der Waals surface area contributed by atoms with Gasteiger partial charge in [0, 0.05) is 18.2 Å². The molecule has 0 aromatic heterocycles. The van der Waals surface area contributed by atoms with E-state index in [9.17, 15) is 14.9 Å². The Hall–Kier alpha value is -2.95. The Morgan fingerprint density at radius 3 is 2.73 bits per heavy atom. The molecule has 0 aliphatic rings. The van der Waals surface area contributed by atoms with Gasteiger partial charge in [0.15, 0.2) is 0 Å². The summed E-state index contributed by atoms with van der Waals surface area (Å²) in [6.07, 6.45) is 2.75. The highest BCUT2D eigenvalue weighted by molar-refractivity contribution is 5.87. The molecule has 0 spiro atoms. The molecule has 0 heterocycles. The summed E-state index contributed by atoms with van der Waals surface area (Å²) >= 11 is 0. The second-order valence-electron chi connectivity index (χ2n) is 4.72. The van der Waals surface area contributed by atoms with Crippen molar-refractivity contribution in [3.8, 4) is 0 Å². The zero-order valence-electron chi connectivity index (χ0n) is 12.1. The molecule has 5 heteroatoms. The number of nitro groups is 1. The normalized spacial score (nSPS) is 10.6. The van der Waals surface area contributed by atoms with Gasteiger partial charge in [-0.05, 0) is 29.7 Å². The van der Waals surface area contributed by atoms with Gasteiger partial charge in [-0.15, -0.1) is 0 Å². The van der Waals surface area contributed by atoms with Crippen molar-refractivity contribution in [2.24, 2.45) is 0 Å². The average Bonchev–Trinajstić information content (AvgIpc) is 2.52. The standard InChI is InChI=1S/C17H15NO4/c1-13-5-2-3-7-15(13)12-22-17(19)10-9-14-6-4-8-16(11-14)18(20)21/h2-11H,12H2,1H3/b10-9+. The lowest BCUT2D eigenvalue weighted by molar-refractivity contribution is -0.384. The first-order valence-electron chi connectivity index (χ1n) is 6.70. The van der Waals surface area contributed by atoms with Gasteiger partial charge in [0.25, 0.3) is 5.69 Å². The van der Waals surface area contributed by atoms with Crippen molar-refractivity contribution in [1.82, 2.24) is 0 Å². The Kier molecular flexibility index (Phi) is 5.03. The molecule has 112 valence electrons. The van der Waals surface area contributed by atoms with E-state index in [1.165, 1.54) is 24.3 Å². The van der Waals surface area contributed by atoms with Crippen LogP contribution in [0, 0.1) is 17.0 Å². The van der Waals surface area contributed by atoms with E-state index in [0.717, 1.165) is 11.1 Å². The number of aryl methyl sites for hydroxylation is 1. The third-order valence-corrected chi connectivity index (χ3v) is 3.12. The van der Waals surface area contributed by atoms with Crippen LogP contribution in [-0.2, 0) is 16.1 Å². The summed E-state index contributed by atoms with van der Waals surface area (Å²) in [7, 11) is 0. The molecule has 2 aromatic carbocycles. The van der Waals surface area contributed by atoms with E-state index in [-0.39, 0.29) is 12.3 Å². The number of hydrogen-bond acceptors (Lipinski definition) is 4. The predicted octanol–water partition coefficient (Wildman–Crippen LogP) is 3.66. The van der Waals surface area contributed by atoms with Crippen LogP contribution in [0.1, 0.15) is 16.7 Å². The third kappa shape index (κ3) is 4.28. The number of benzene rings is 2. The molecule has 5 nitrogen and oxygen atoms in total. The van der Waals surface area contributed by atoms with Gasteiger partial charge in [0.05, 0.1) is 4.92 Å². The molecule has 2 rings (SSSR count). The summed E-state index contributed by atoms with van der Waals surface area (Å²) in [6, 6.07) is 13.7. The van der Waals surface area contributed by atoms with Gasteiger partial charge in [-0.1, -0.05) is 36.4 Å². The molecule has 0 saturated carbocycles. The summed E-state index contributed by atoms with van der Waals surface area (Å²) in [5.74, 6) is -0.491. The van der Waals surface area contributed by atoms with Crippen molar-refractivity contribution < 1.29 is 14.5 Å². The molecule has 2 aromatic rings. The van der Waals surface area contributed by atoms with Crippen LogP contribution in [0.5, 0.6) is 0 Å². The number of esters is 1. The van der Waals surface area contributed by atoms with E-state index in [2.05, 4.69) is 0 Å². The van der Waals surface area contributed by atoms with Gasteiger partial charge in [-0.25, -0.2) is 4.79 Å². The van der Waals surface area contributed by atoms with E-state index in [4.69, 9.17) is 4.74 Å². The number of carbonyl (C=O) groups is 1. The molecule has 0 saturated heterocycles. The van der Waals surface area contributed by atoms with Gasteiger partial charge in [-0.3, -0.25) is 10.1 Å². The minimum Gasteiger partial charge on any atom is -0.458 e. The monoisotopic (exact) mass is 297 g/mol. The van der Waals surface area contributed by atoms with Crippen molar-refractivity contribution in [3.63, 3.8) is 0 Å². The van der Waals surface area contributed by atoms with Crippen molar-refractivity contribution in [2.45, 2.75) is 13.5 Å². The maximum Gasteiger partial charge on any atom is 0.331 e. The van der Waals surface area contributed by atoms with Crippen LogP contribution in [-0.4, -0.2) is 10.9 Å². The second-order valence-corrected chi connectivity index (χ2v) is 4.72. The highest BCUT2D eigenvalue weighted by atomic mass is 16.6. The van der Waals surface area contributed by atoms with Gasteiger partial charge < -0.3 is 4.74 Å². The maximum atomic E-state index is 11.7. The minimum atomic E-state index is -0.491. The molecule has 0 radical (unpaired) electrons. The van der Waals surface area contributed by atoms with E-state index >= 15 is 0 Å². The van der Waals surface area contributed by atoms with Crippen LogP contribution >= 0.6 is 0 Å². The number of rotatable bonds is 5. The zero-order valence-corrected chi connectivity index (χ0v) is 12.1. The molecule has 0 fully saturated rings. The average molecular weight is 297 g/mol. The maximum absolute atomic E-state index is 11.7. The van der Waals surface area contributed by atoms with Crippen LogP contribution < -0.4 is 0 Å². The number of nitro benzene ring substituents is 1. The Morgan fingerprint density at radius 2 is 2.00 bits per heavy atom. The smallest absolute Gasteiger partial charge is 0.331 e. The number of carbonyl (C=O) groups excluding carboxylic acids is 1. The predicted molar refractivity (Wildman–Crippen MR) is 83.1 cm³/mol. The highest BCUT2D eigenvalue weighted by Gasteiger charge is 2.05. The molecule has 0 atom stereocenters. The van der Waals surface area contributed by atoms with Crippen molar-refractivity contribution in [2.75, 3.05) is 0 Å².